The normalized spacial score (nSPS) is 11.8. The Kier molecular flexibility index (Phi) is 4.43. The van der Waals surface area contributed by atoms with Crippen LogP contribution in [-0.4, -0.2) is 27.4 Å². The molecular weight excluding hydrogens is 374 g/mol. The van der Waals surface area contributed by atoms with E-state index in [1.165, 1.54) is 0 Å². The second-order valence-corrected chi connectivity index (χ2v) is 8.32. The van der Waals surface area contributed by atoms with Crippen molar-refractivity contribution in [1.82, 2.24) is 18.9 Å². The fourth-order valence-electron chi connectivity index (χ4n) is 3.10. The van der Waals surface area contributed by atoms with Gasteiger partial charge in [0.1, 0.15) is 11.5 Å². The molecule has 0 atom stereocenters. The van der Waals surface area contributed by atoms with E-state index in [0.717, 1.165) is 22.5 Å². The molecule has 3 heterocycles. The number of pyridine rings is 1. The van der Waals surface area contributed by atoms with Crippen molar-refractivity contribution in [2.24, 2.45) is 0 Å². The van der Waals surface area contributed by atoms with E-state index in [1.807, 2.05) is 48.8 Å². The summed E-state index contributed by atoms with van der Waals surface area (Å²) >= 11 is 0. The van der Waals surface area contributed by atoms with Crippen molar-refractivity contribution in [3.63, 3.8) is 0 Å². The monoisotopic (exact) mass is 395 g/mol. The van der Waals surface area contributed by atoms with Crippen LogP contribution >= 0.6 is 0 Å². The zero-order valence-corrected chi connectivity index (χ0v) is 16.7. The Balaban J connectivity index is 1.66. The lowest BCUT2D eigenvalue weighted by molar-refractivity contribution is 0.598. The average Bonchev–Trinajstić information content (AvgIpc) is 3.24. The molecule has 0 saturated carbocycles. The van der Waals surface area contributed by atoms with Crippen LogP contribution in [0.1, 0.15) is 18.3 Å². The molecule has 1 aromatic carbocycles. The molecule has 0 bridgehead atoms. The van der Waals surface area contributed by atoms with Crippen LogP contribution in [0.25, 0.3) is 16.9 Å². The lowest BCUT2D eigenvalue weighted by Gasteiger charge is -2.07. The van der Waals surface area contributed by atoms with E-state index in [-0.39, 0.29) is 5.03 Å². The number of aryl methyl sites for hydroxylation is 3. The molecule has 4 rings (SSSR count). The molecule has 1 N–H and O–H groups in total. The smallest absolute Gasteiger partial charge is 0.280 e. The van der Waals surface area contributed by atoms with Gasteiger partial charge in [0, 0.05) is 36.4 Å². The number of sulfonamides is 1. The predicted molar refractivity (Wildman–Crippen MR) is 109 cm³/mol. The van der Waals surface area contributed by atoms with Gasteiger partial charge in [0.15, 0.2) is 5.03 Å². The van der Waals surface area contributed by atoms with E-state index in [0.29, 0.717) is 18.1 Å². The van der Waals surface area contributed by atoms with Crippen molar-refractivity contribution < 1.29 is 8.42 Å². The summed E-state index contributed by atoms with van der Waals surface area (Å²) in [6.07, 6.45) is 5.43. The summed E-state index contributed by atoms with van der Waals surface area (Å²) in [7, 11) is -3.76. The third-order valence-electron chi connectivity index (χ3n) is 4.60. The second kappa shape index (κ2) is 6.79. The van der Waals surface area contributed by atoms with Crippen molar-refractivity contribution in [3.8, 4) is 11.3 Å². The van der Waals surface area contributed by atoms with Crippen LogP contribution in [0.3, 0.4) is 0 Å². The van der Waals surface area contributed by atoms with E-state index in [1.54, 1.807) is 35.9 Å². The van der Waals surface area contributed by atoms with Crippen molar-refractivity contribution in [3.05, 3.63) is 66.4 Å². The number of imidazole rings is 2. The van der Waals surface area contributed by atoms with Crippen molar-refractivity contribution in [2.75, 3.05) is 4.72 Å². The summed E-state index contributed by atoms with van der Waals surface area (Å²) in [5.41, 5.74) is 4.05. The predicted octanol–water partition coefficient (Wildman–Crippen LogP) is 3.64. The van der Waals surface area contributed by atoms with Crippen LogP contribution < -0.4 is 4.72 Å². The quantitative estimate of drug-likeness (QED) is 0.559. The molecule has 0 fully saturated rings. The highest BCUT2D eigenvalue weighted by Crippen LogP contribution is 2.24. The van der Waals surface area contributed by atoms with Crippen LogP contribution in [0, 0.1) is 13.8 Å². The molecular formula is C20H21N5O2S. The van der Waals surface area contributed by atoms with Gasteiger partial charge in [-0.25, -0.2) is 9.97 Å². The molecule has 8 heteroatoms. The SMILES string of the molecule is CCn1cc(S(=O)(=O)Nc2cccc(-c3cn4ccc(C)cc4n3)c2)nc1C. The summed E-state index contributed by atoms with van der Waals surface area (Å²) in [5, 5.41) is 0.0143. The largest absolute Gasteiger partial charge is 0.334 e. The summed E-state index contributed by atoms with van der Waals surface area (Å²) in [5.74, 6) is 0.664. The minimum absolute atomic E-state index is 0.0143. The maximum absolute atomic E-state index is 12.7. The first-order chi connectivity index (χ1) is 13.4. The van der Waals surface area contributed by atoms with E-state index in [9.17, 15) is 8.42 Å². The average molecular weight is 395 g/mol. The van der Waals surface area contributed by atoms with Gasteiger partial charge < -0.3 is 8.97 Å². The molecule has 28 heavy (non-hydrogen) atoms. The number of benzene rings is 1. The molecule has 7 nitrogen and oxygen atoms in total. The number of fused-ring (bicyclic) bond motifs is 1. The van der Waals surface area contributed by atoms with Gasteiger partial charge in [-0.1, -0.05) is 12.1 Å². The maximum atomic E-state index is 12.7. The zero-order chi connectivity index (χ0) is 19.9. The maximum Gasteiger partial charge on any atom is 0.280 e. The Bertz CT molecular complexity index is 1270. The highest BCUT2D eigenvalue weighted by Gasteiger charge is 2.19. The Morgan fingerprint density at radius 3 is 2.64 bits per heavy atom. The standard InChI is InChI=1S/C20H21N5O2S/c1-4-24-13-20(21-15(24)3)28(26,27)23-17-7-5-6-16(11-17)18-12-25-9-8-14(2)10-19(25)22-18/h5-13,23H,4H2,1-3H3. The molecule has 0 radical (unpaired) electrons. The first-order valence-electron chi connectivity index (χ1n) is 8.98. The topological polar surface area (TPSA) is 81.3 Å². The Morgan fingerprint density at radius 2 is 1.89 bits per heavy atom. The highest BCUT2D eigenvalue weighted by molar-refractivity contribution is 7.92. The Labute approximate surface area is 163 Å². The van der Waals surface area contributed by atoms with E-state index in [2.05, 4.69) is 14.7 Å². The first-order valence-corrected chi connectivity index (χ1v) is 10.5. The summed E-state index contributed by atoms with van der Waals surface area (Å²) in [4.78, 5) is 8.80. The molecule has 0 spiro atoms. The van der Waals surface area contributed by atoms with Crippen LogP contribution in [0.2, 0.25) is 0 Å². The molecule has 0 aliphatic rings. The van der Waals surface area contributed by atoms with Crippen LogP contribution in [-0.2, 0) is 16.6 Å². The highest BCUT2D eigenvalue weighted by atomic mass is 32.2. The fourth-order valence-corrected chi connectivity index (χ4v) is 4.16. The molecule has 144 valence electrons. The fraction of sp³-hybridized carbons (Fsp3) is 0.200. The third kappa shape index (κ3) is 3.38. The van der Waals surface area contributed by atoms with Crippen molar-refractivity contribution in [2.45, 2.75) is 32.3 Å². The van der Waals surface area contributed by atoms with Crippen LogP contribution in [0.5, 0.6) is 0 Å². The third-order valence-corrected chi connectivity index (χ3v) is 5.85. The molecule has 4 aromatic rings. The van der Waals surface area contributed by atoms with E-state index < -0.39 is 10.0 Å². The Hall–Kier alpha value is -3.13. The molecule has 0 saturated heterocycles. The van der Waals surface area contributed by atoms with Crippen LogP contribution in [0.15, 0.2) is 60.0 Å². The van der Waals surface area contributed by atoms with Crippen LogP contribution in [0.4, 0.5) is 5.69 Å². The van der Waals surface area contributed by atoms with Gasteiger partial charge in [0.2, 0.25) is 0 Å². The zero-order valence-electron chi connectivity index (χ0n) is 15.9. The number of rotatable bonds is 5. The molecule has 0 unspecified atom stereocenters. The van der Waals surface area contributed by atoms with Gasteiger partial charge in [-0.15, -0.1) is 0 Å². The molecule has 0 aliphatic carbocycles. The van der Waals surface area contributed by atoms with Gasteiger partial charge in [0.05, 0.1) is 5.69 Å². The number of nitrogens with zero attached hydrogens (tertiary/aromatic N) is 4. The number of anilines is 1. The summed E-state index contributed by atoms with van der Waals surface area (Å²) < 4.78 is 31.8. The second-order valence-electron chi connectivity index (χ2n) is 6.69. The van der Waals surface area contributed by atoms with Crippen molar-refractivity contribution in [1.29, 1.82) is 0 Å². The Morgan fingerprint density at radius 1 is 1.07 bits per heavy atom. The minimum atomic E-state index is -3.76. The number of nitrogens with one attached hydrogen (secondary N) is 1. The lowest BCUT2D eigenvalue weighted by Crippen LogP contribution is -2.13. The van der Waals surface area contributed by atoms with Gasteiger partial charge in [0.25, 0.3) is 10.0 Å². The van der Waals surface area contributed by atoms with Gasteiger partial charge in [-0.05, 0) is 50.6 Å². The number of aromatic nitrogens is 4. The number of hydrogen-bond donors (Lipinski definition) is 1. The molecule has 0 amide bonds. The minimum Gasteiger partial charge on any atom is -0.334 e. The molecule has 3 aromatic heterocycles. The summed E-state index contributed by atoms with van der Waals surface area (Å²) in [6, 6.07) is 11.2. The van der Waals surface area contributed by atoms with E-state index in [4.69, 9.17) is 0 Å². The van der Waals surface area contributed by atoms with Gasteiger partial charge in [-0.3, -0.25) is 4.72 Å². The van der Waals surface area contributed by atoms with E-state index >= 15 is 0 Å². The lowest BCUT2D eigenvalue weighted by atomic mass is 10.1. The first kappa shape index (κ1) is 18.2. The molecule has 0 aliphatic heterocycles. The van der Waals surface area contributed by atoms with Gasteiger partial charge in [-0.2, -0.15) is 8.42 Å². The number of hydrogen-bond acceptors (Lipinski definition) is 4. The van der Waals surface area contributed by atoms with Gasteiger partial charge >= 0.3 is 0 Å². The van der Waals surface area contributed by atoms with Crippen molar-refractivity contribution >= 4 is 21.4 Å². The summed E-state index contributed by atoms with van der Waals surface area (Å²) in [6.45, 7) is 6.41.